The maximum absolute atomic E-state index is 12.7. The number of anilines is 1. The number of carbonyl (C=O) groups excluding carboxylic acids is 1. The van der Waals surface area contributed by atoms with E-state index in [1.54, 1.807) is 24.3 Å². The van der Waals surface area contributed by atoms with Crippen LogP contribution in [0.4, 0.5) is 5.69 Å². The van der Waals surface area contributed by atoms with Gasteiger partial charge in [-0.2, -0.15) is 0 Å². The first kappa shape index (κ1) is 20.3. The minimum absolute atomic E-state index is 0.232. The second kappa shape index (κ2) is 9.18. The minimum atomic E-state index is -3.82. The number of ether oxygens (including phenoxy) is 1. The summed E-state index contributed by atoms with van der Waals surface area (Å²) in [6, 6.07) is 6.32. The van der Waals surface area contributed by atoms with Crippen molar-refractivity contribution < 1.29 is 17.9 Å². The standard InChI is InChI=1S/C16H24ClN5O4S/c17-12-1-3-13(4-2-12)21-27(24,25)16-14(11-19-20-16)15(23)18-5-6-22-7-9-26-10-8-22/h1-4,14,16,19-21H,5-11H2,(H,18,23). The van der Waals surface area contributed by atoms with Gasteiger partial charge < -0.3 is 10.1 Å². The van der Waals surface area contributed by atoms with Crippen molar-refractivity contribution in [1.82, 2.24) is 21.1 Å². The van der Waals surface area contributed by atoms with Gasteiger partial charge in [0.15, 0.2) is 5.37 Å². The van der Waals surface area contributed by atoms with Crippen molar-refractivity contribution in [3.63, 3.8) is 0 Å². The highest BCUT2D eigenvalue weighted by Gasteiger charge is 2.41. The summed E-state index contributed by atoms with van der Waals surface area (Å²) in [5.74, 6) is -1.04. The van der Waals surface area contributed by atoms with Gasteiger partial charge in [-0.15, -0.1) is 0 Å². The molecule has 0 radical (unpaired) electrons. The predicted octanol–water partition coefficient (Wildman–Crippen LogP) is -0.420. The number of halogens is 1. The molecule has 0 spiro atoms. The zero-order valence-electron chi connectivity index (χ0n) is 14.8. The third-order valence-electron chi connectivity index (χ3n) is 4.54. The fourth-order valence-electron chi connectivity index (χ4n) is 3.04. The first-order valence-electron chi connectivity index (χ1n) is 8.79. The third-order valence-corrected chi connectivity index (χ3v) is 6.43. The Kier molecular flexibility index (Phi) is 6.90. The topological polar surface area (TPSA) is 112 Å². The van der Waals surface area contributed by atoms with E-state index in [2.05, 4.69) is 25.8 Å². The van der Waals surface area contributed by atoms with Crippen molar-refractivity contribution in [2.75, 3.05) is 50.7 Å². The summed E-state index contributed by atoms with van der Waals surface area (Å²) in [6.45, 7) is 4.47. The maximum atomic E-state index is 12.7. The van der Waals surface area contributed by atoms with Crippen molar-refractivity contribution in [2.45, 2.75) is 5.37 Å². The van der Waals surface area contributed by atoms with Crippen LogP contribution in [0.15, 0.2) is 24.3 Å². The molecular formula is C16H24ClN5O4S. The van der Waals surface area contributed by atoms with Crippen LogP contribution in [-0.4, -0.2) is 70.5 Å². The molecule has 0 bridgehead atoms. The fourth-order valence-corrected chi connectivity index (χ4v) is 4.65. The molecule has 11 heteroatoms. The quantitative estimate of drug-likeness (QED) is 0.476. The van der Waals surface area contributed by atoms with Gasteiger partial charge >= 0.3 is 0 Å². The van der Waals surface area contributed by atoms with Crippen LogP contribution >= 0.6 is 11.6 Å². The summed E-state index contributed by atoms with van der Waals surface area (Å²) in [6.07, 6.45) is 0. The van der Waals surface area contributed by atoms with Gasteiger partial charge in [0.2, 0.25) is 5.91 Å². The lowest BCUT2D eigenvalue weighted by molar-refractivity contribution is -0.124. The lowest BCUT2D eigenvalue weighted by Gasteiger charge is -2.27. The van der Waals surface area contributed by atoms with Crippen LogP contribution in [0.2, 0.25) is 5.02 Å². The van der Waals surface area contributed by atoms with E-state index in [0.717, 1.165) is 13.1 Å². The highest BCUT2D eigenvalue weighted by atomic mass is 35.5. The van der Waals surface area contributed by atoms with Crippen molar-refractivity contribution in [2.24, 2.45) is 5.92 Å². The molecule has 0 aliphatic carbocycles. The summed E-state index contributed by atoms with van der Waals surface area (Å²) in [5.41, 5.74) is 5.84. The number of carbonyl (C=O) groups is 1. The Morgan fingerprint density at radius 1 is 1.26 bits per heavy atom. The second-order valence-corrected chi connectivity index (χ2v) is 8.69. The summed E-state index contributed by atoms with van der Waals surface area (Å²) < 4.78 is 33.1. The van der Waals surface area contributed by atoms with Crippen molar-refractivity contribution in [3.8, 4) is 0 Å². The Balaban J connectivity index is 1.54. The van der Waals surface area contributed by atoms with Crippen molar-refractivity contribution in [1.29, 1.82) is 0 Å². The molecular weight excluding hydrogens is 394 g/mol. The Bertz CT molecular complexity index is 740. The van der Waals surface area contributed by atoms with Crippen molar-refractivity contribution in [3.05, 3.63) is 29.3 Å². The van der Waals surface area contributed by atoms with E-state index >= 15 is 0 Å². The molecule has 1 aromatic carbocycles. The van der Waals surface area contributed by atoms with Gasteiger partial charge in [-0.1, -0.05) is 11.6 Å². The number of morpholine rings is 1. The van der Waals surface area contributed by atoms with E-state index in [4.69, 9.17) is 16.3 Å². The SMILES string of the molecule is O=C(NCCN1CCOCC1)C1CNNC1S(=O)(=O)Nc1ccc(Cl)cc1. The van der Waals surface area contributed by atoms with Crippen LogP contribution < -0.4 is 20.9 Å². The molecule has 1 amide bonds. The number of rotatable bonds is 7. The summed E-state index contributed by atoms with van der Waals surface area (Å²) in [7, 11) is -3.82. The monoisotopic (exact) mass is 417 g/mol. The van der Waals surface area contributed by atoms with Crippen LogP contribution in [0.5, 0.6) is 0 Å². The Labute approximate surface area is 163 Å². The van der Waals surface area contributed by atoms with E-state index in [0.29, 0.717) is 37.0 Å². The predicted molar refractivity (Wildman–Crippen MR) is 103 cm³/mol. The van der Waals surface area contributed by atoms with E-state index < -0.39 is 21.3 Å². The van der Waals surface area contributed by atoms with Crippen LogP contribution in [0, 0.1) is 5.92 Å². The number of nitrogens with zero attached hydrogens (tertiary/aromatic N) is 1. The number of amides is 1. The summed E-state index contributed by atoms with van der Waals surface area (Å²) in [4.78, 5) is 14.7. The van der Waals surface area contributed by atoms with Crippen LogP contribution in [-0.2, 0) is 19.6 Å². The molecule has 4 N–H and O–H groups in total. The Morgan fingerprint density at radius 3 is 2.67 bits per heavy atom. The molecule has 2 heterocycles. The van der Waals surface area contributed by atoms with Gasteiger partial charge in [-0.3, -0.25) is 19.8 Å². The van der Waals surface area contributed by atoms with Crippen molar-refractivity contribution >= 4 is 33.2 Å². The molecule has 2 unspecified atom stereocenters. The number of hydrazine groups is 1. The smallest absolute Gasteiger partial charge is 0.250 e. The largest absolute Gasteiger partial charge is 0.379 e. The van der Waals surface area contributed by atoms with E-state index in [9.17, 15) is 13.2 Å². The Morgan fingerprint density at radius 2 is 1.96 bits per heavy atom. The molecule has 3 rings (SSSR count). The molecule has 1 aromatic rings. The first-order valence-corrected chi connectivity index (χ1v) is 10.7. The molecule has 2 atom stereocenters. The molecule has 2 fully saturated rings. The molecule has 9 nitrogen and oxygen atoms in total. The molecule has 2 aliphatic heterocycles. The van der Waals surface area contributed by atoms with Gasteiger partial charge in [0.25, 0.3) is 10.0 Å². The molecule has 2 saturated heterocycles. The highest BCUT2D eigenvalue weighted by molar-refractivity contribution is 7.93. The number of benzene rings is 1. The first-order chi connectivity index (χ1) is 13.0. The minimum Gasteiger partial charge on any atom is -0.379 e. The number of hydrogen-bond donors (Lipinski definition) is 4. The number of hydrogen-bond acceptors (Lipinski definition) is 7. The number of sulfonamides is 1. The zero-order valence-corrected chi connectivity index (χ0v) is 16.4. The van der Waals surface area contributed by atoms with Gasteiger partial charge in [-0.25, -0.2) is 13.8 Å². The lowest BCUT2D eigenvalue weighted by Crippen LogP contribution is -2.48. The lowest BCUT2D eigenvalue weighted by atomic mass is 10.1. The maximum Gasteiger partial charge on any atom is 0.250 e. The van der Waals surface area contributed by atoms with E-state index in [1.165, 1.54) is 0 Å². The molecule has 2 aliphatic rings. The molecule has 150 valence electrons. The van der Waals surface area contributed by atoms with E-state index in [1.807, 2.05) is 0 Å². The fraction of sp³-hybridized carbons (Fsp3) is 0.562. The summed E-state index contributed by atoms with van der Waals surface area (Å²) in [5, 5.41) is 2.27. The van der Waals surface area contributed by atoms with Gasteiger partial charge in [-0.05, 0) is 24.3 Å². The molecule has 0 aromatic heterocycles. The van der Waals surface area contributed by atoms with Crippen LogP contribution in [0.25, 0.3) is 0 Å². The number of nitrogens with one attached hydrogen (secondary N) is 4. The van der Waals surface area contributed by atoms with Gasteiger partial charge in [0, 0.05) is 43.4 Å². The second-order valence-electron chi connectivity index (χ2n) is 6.45. The summed E-state index contributed by atoms with van der Waals surface area (Å²) >= 11 is 5.82. The highest BCUT2D eigenvalue weighted by Crippen LogP contribution is 2.20. The van der Waals surface area contributed by atoms with Crippen LogP contribution in [0.3, 0.4) is 0 Å². The zero-order chi connectivity index (χ0) is 19.3. The van der Waals surface area contributed by atoms with E-state index in [-0.39, 0.29) is 12.5 Å². The Hall–Kier alpha value is -1.43. The molecule has 0 saturated carbocycles. The molecule has 27 heavy (non-hydrogen) atoms. The third kappa shape index (κ3) is 5.53. The van der Waals surface area contributed by atoms with Gasteiger partial charge in [0.1, 0.15) is 0 Å². The van der Waals surface area contributed by atoms with Gasteiger partial charge in [0.05, 0.1) is 19.1 Å². The average Bonchev–Trinajstić information content (AvgIpc) is 3.15. The van der Waals surface area contributed by atoms with Crippen LogP contribution in [0.1, 0.15) is 0 Å². The average molecular weight is 418 g/mol. The normalized spacial score (nSPS) is 23.9.